The summed E-state index contributed by atoms with van der Waals surface area (Å²) in [6.07, 6.45) is -8.46. The molecule has 1 aliphatic heterocycles. The van der Waals surface area contributed by atoms with Crippen molar-refractivity contribution in [2.24, 2.45) is 0 Å². The number of carbonyl (C=O) groups is 1. The number of pyridine rings is 1. The van der Waals surface area contributed by atoms with E-state index in [0.717, 1.165) is 0 Å². The predicted molar refractivity (Wildman–Crippen MR) is 144 cm³/mol. The topological polar surface area (TPSA) is 98.3 Å². The number of hydrogen-bond acceptors (Lipinski definition) is 8. The van der Waals surface area contributed by atoms with Crippen molar-refractivity contribution in [1.82, 2.24) is 15.0 Å². The van der Waals surface area contributed by atoms with E-state index >= 15 is 0 Å². The van der Waals surface area contributed by atoms with Gasteiger partial charge < -0.3 is 20.1 Å². The molecule has 4 rings (SSSR count). The first-order valence-electron chi connectivity index (χ1n) is 12.8. The first-order valence-corrected chi connectivity index (χ1v) is 13.5. The van der Waals surface area contributed by atoms with Crippen LogP contribution in [0.1, 0.15) is 60.8 Å². The minimum atomic E-state index is -4.98. The molecule has 0 bridgehead atoms. The Balaban J connectivity index is 1.71. The van der Waals surface area contributed by atoms with Gasteiger partial charge in [-0.05, 0) is 59.1 Å². The molecular formula is C27H26BrF6N5O3. The van der Waals surface area contributed by atoms with Crippen LogP contribution in [-0.4, -0.2) is 40.2 Å². The van der Waals surface area contributed by atoms with Crippen molar-refractivity contribution < 1.29 is 40.6 Å². The summed E-state index contributed by atoms with van der Waals surface area (Å²) in [4.78, 5) is 26.2. The van der Waals surface area contributed by atoms with E-state index in [1.54, 1.807) is 19.1 Å². The molecule has 1 aromatic carbocycles. The highest BCUT2D eigenvalue weighted by Gasteiger charge is 2.46. The Labute approximate surface area is 245 Å². The minimum Gasteiger partial charge on any atom is -0.481 e. The number of rotatable bonds is 8. The molecule has 2 aromatic heterocycles. The van der Waals surface area contributed by atoms with Gasteiger partial charge in [0.25, 0.3) is 0 Å². The number of ether oxygens (including phenoxy) is 2. The number of aromatic nitrogens is 3. The Morgan fingerprint density at radius 3 is 2.33 bits per heavy atom. The normalized spacial score (nSPS) is 18.6. The number of hydrogen-bond donors (Lipinski definition) is 2. The van der Waals surface area contributed by atoms with Crippen molar-refractivity contribution in [2.75, 3.05) is 24.4 Å². The van der Waals surface area contributed by atoms with Gasteiger partial charge in [0.1, 0.15) is 5.54 Å². The first-order chi connectivity index (χ1) is 19.7. The van der Waals surface area contributed by atoms with Gasteiger partial charge in [-0.1, -0.05) is 6.92 Å². The smallest absolute Gasteiger partial charge is 0.416 e. The van der Waals surface area contributed by atoms with Crippen LogP contribution in [-0.2, 0) is 28.3 Å². The predicted octanol–water partition coefficient (Wildman–Crippen LogP) is 6.95. The van der Waals surface area contributed by atoms with Gasteiger partial charge in [0.15, 0.2) is 0 Å². The molecule has 0 amide bonds. The molecule has 8 nitrogen and oxygen atoms in total. The molecule has 2 N–H and O–H groups in total. The van der Waals surface area contributed by atoms with Gasteiger partial charge in [0.2, 0.25) is 11.8 Å². The third kappa shape index (κ3) is 6.71. The van der Waals surface area contributed by atoms with Crippen LogP contribution in [0.5, 0.6) is 5.88 Å². The van der Waals surface area contributed by atoms with Crippen molar-refractivity contribution in [2.45, 2.75) is 57.0 Å². The Hall–Kier alpha value is -3.62. The molecule has 1 aliphatic rings. The summed E-state index contributed by atoms with van der Waals surface area (Å²) >= 11 is 3.24. The fourth-order valence-corrected chi connectivity index (χ4v) is 4.99. The molecule has 42 heavy (non-hydrogen) atoms. The Bertz CT molecular complexity index is 1440. The molecule has 0 fully saturated rings. The van der Waals surface area contributed by atoms with Gasteiger partial charge in [-0.3, -0.25) is 0 Å². The summed E-state index contributed by atoms with van der Waals surface area (Å²) in [6.45, 7) is 3.68. The fraction of sp³-hybridized carbons (Fsp3) is 0.407. The van der Waals surface area contributed by atoms with Crippen LogP contribution < -0.4 is 15.4 Å². The number of methoxy groups -OCH3 is 1. The van der Waals surface area contributed by atoms with Gasteiger partial charge in [-0.25, -0.2) is 19.7 Å². The molecule has 3 heterocycles. The number of fused-ring (bicyclic) bond motifs is 1. The van der Waals surface area contributed by atoms with E-state index in [-0.39, 0.29) is 47.2 Å². The second kappa shape index (κ2) is 11.9. The molecular weight excluding hydrogens is 636 g/mol. The minimum absolute atomic E-state index is 0.0209. The maximum absolute atomic E-state index is 13.4. The van der Waals surface area contributed by atoms with Gasteiger partial charge in [0.05, 0.1) is 52.4 Å². The van der Waals surface area contributed by atoms with E-state index in [2.05, 4.69) is 41.5 Å². The number of halogens is 7. The van der Waals surface area contributed by atoms with E-state index < -0.39 is 41.0 Å². The summed E-state index contributed by atoms with van der Waals surface area (Å²) in [5.41, 5.74) is -3.04. The number of benzene rings is 1. The third-order valence-corrected chi connectivity index (χ3v) is 7.44. The Kier molecular flexibility index (Phi) is 8.90. The summed E-state index contributed by atoms with van der Waals surface area (Å²) < 4.78 is 91.2. The van der Waals surface area contributed by atoms with Crippen LogP contribution in [0.3, 0.4) is 0 Å². The first kappa shape index (κ1) is 31.3. The zero-order valence-electron chi connectivity index (χ0n) is 22.6. The van der Waals surface area contributed by atoms with Crippen molar-refractivity contribution in [3.05, 3.63) is 69.1 Å². The van der Waals surface area contributed by atoms with E-state index in [9.17, 15) is 31.1 Å². The summed E-state index contributed by atoms with van der Waals surface area (Å²) in [5.74, 6) is -0.138. The molecule has 0 saturated carbocycles. The fourth-order valence-electron chi connectivity index (χ4n) is 4.66. The van der Waals surface area contributed by atoms with Crippen LogP contribution >= 0.6 is 15.9 Å². The third-order valence-electron chi connectivity index (χ3n) is 6.77. The Morgan fingerprint density at radius 1 is 1.10 bits per heavy atom. The zero-order valence-corrected chi connectivity index (χ0v) is 24.2. The lowest BCUT2D eigenvalue weighted by Crippen LogP contribution is -2.51. The Morgan fingerprint density at radius 2 is 1.76 bits per heavy atom. The van der Waals surface area contributed by atoms with Crippen LogP contribution in [0.25, 0.3) is 0 Å². The van der Waals surface area contributed by atoms with Gasteiger partial charge >= 0.3 is 18.3 Å². The molecule has 226 valence electrons. The number of carbonyl (C=O) groups excluding carboxylic acids is 1. The molecule has 2 atom stereocenters. The lowest BCUT2D eigenvalue weighted by atomic mass is 9.82. The molecule has 3 aromatic rings. The average molecular weight is 662 g/mol. The van der Waals surface area contributed by atoms with Crippen LogP contribution in [0.2, 0.25) is 0 Å². The number of alkyl halides is 6. The van der Waals surface area contributed by atoms with E-state index in [1.807, 2.05) is 6.92 Å². The quantitative estimate of drug-likeness (QED) is 0.198. The van der Waals surface area contributed by atoms with Crippen molar-refractivity contribution in [1.29, 1.82) is 0 Å². The number of nitrogens with one attached hydrogen (secondary N) is 2. The summed E-state index contributed by atoms with van der Waals surface area (Å²) in [7, 11) is 1.45. The van der Waals surface area contributed by atoms with E-state index in [1.165, 1.54) is 13.3 Å². The highest BCUT2D eigenvalue weighted by atomic mass is 79.9. The maximum atomic E-state index is 13.4. The van der Waals surface area contributed by atoms with Gasteiger partial charge in [0, 0.05) is 25.1 Å². The van der Waals surface area contributed by atoms with Crippen LogP contribution in [0.15, 0.2) is 41.0 Å². The van der Waals surface area contributed by atoms with E-state index in [4.69, 9.17) is 9.47 Å². The summed E-state index contributed by atoms with van der Waals surface area (Å²) in [6, 6.07) is 4.07. The maximum Gasteiger partial charge on any atom is 0.416 e. The SMILES string of the molecule is CCOC(=O)[C@@]1(CC)C[C@H](Nc2ncc(Br)c(Cc3cc(C(F)(F)F)cc(C(F)(F)F)c3)n2)c2nc(OC)ccc2N1. The second-order valence-corrected chi connectivity index (χ2v) is 10.4. The molecule has 0 spiro atoms. The monoisotopic (exact) mass is 661 g/mol. The molecule has 0 radical (unpaired) electrons. The van der Waals surface area contributed by atoms with Crippen LogP contribution in [0, 0.1) is 0 Å². The van der Waals surface area contributed by atoms with E-state index in [0.29, 0.717) is 35.8 Å². The standard InChI is InChI=1S/C27H26BrF6N5O3/c1-4-25(23(40)42-5-2)12-20(22-18(39-25)6-7-21(38-22)41-3)37-24-35-13-17(28)19(36-24)10-14-8-15(26(29,30)31)11-16(9-14)27(32,33)34/h6-9,11,13,20,39H,4-5,10,12H2,1-3H3,(H,35,36,37)/t20-,25+/m0/s1. The van der Waals surface area contributed by atoms with Crippen molar-refractivity contribution in [3.8, 4) is 5.88 Å². The molecule has 0 aliphatic carbocycles. The zero-order chi connectivity index (χ0) is 30.9. The highest BCUT2D eigenvalue weighted by Crippen LogP contribution is 2.42. The average Bonchev–Trinajstić information content (AvgIpc) is 2.93. The van der Waals surface area contributed by atoms with Crippen molar-refractivity contribution in [3.63, 3.8) is 0 Å². The van der Waals surface area contributed by atoms with Gasteiger partial charge in [-0.15, -0.1) is 0 Å². The highest BCUT2D eigenvalue weighted by molar-refractivity contribution is 9.10. The van der Waals surface area contributed by atoms with Gasteiger partial charge in [-0.2, -0.15) is 26.3 Å². The van der Waals surface area contributed by atoms with Crippen molar-refractivity contribution >= 4 is 33.5 Å². The lowest BCUT2D eigenvalue weighted by Gasteiger charge is -2.40. The van der Waals surface area contributed by atoms with Crippen LogP contribution in [0.4, 0.5) is 38.0 Å². The molecule has 15 heteroatoms. The molecule has 0 unspecified atom stereocenters. The lowest BCUT2D eigenvalue weighted by molar-refractivity contribution is -0.149. The molecule has 0 saturated heterocycles. The second-order valence-electron chi connectivity index (χ2n) is 9.55. The largest absolute Gasteiger partial charge is 0.481 e. The number of esters is 1. The number of anilines is 2. The summed E-state index contributed by atoms with van der Waals surface area (Å²) in [5, 5.41) is 6.37. The number of nitrogens with zero attached hydrogens (tertiary/aromatic N) is 3.